The molecule has 0 bridgehead atoms. The van der Waals surface area contributed by atoms with Crippen LogP contribution in [0.3, 0.4) is 0 Å². The molecule has 2 rings (SSSR count). The van der Waals surface area contributed by atoms with Gasteiger partial charge in [-0.25, -0.2) is 12.8 Å². The highest BCUT2D eigenvalue weighted by molar-refractivity contribution is 7.92. The van der Waals surface area contributed by atoms with Gasteiger partial charge in [-0.15, -0.1) is 0 Å². The minimum Gasteiger partial charge on any atom is -0.398 e. The van der Waals surface area contributed by atoms with Crippen LogP contribution in [0.2, 0.25) is 5.02 Å². The molecule has 1 heterocycles. The van der Waals surface area contributed by atoms with Crippen molar-refractivity contribution in [3.63, 3.8) is 0 Å². The number of aryl methyl sites for hydroxylation is 1. The number of aromatic nitrogens is 1. The number of hydrogen-bond donors (Lipinski definition) is 2. The van der Waals surface area contributed by atoms with Gasteiger partial charge in [-0.1, -0.05) is 11.6 Å². The zero-order chi connectivity index (χ0) is 14.9. The SMILES string of the molecule is Cc1cc(F)c(S(=O)(=O)Nc2cnccc2Cl)cc1N. The second-order valence-electron chi connectivity index (χ2n) is 4.10. The van der Waals surface area contributed by atoms with Gasteiger partial charge >= 0.3 is 0 Å². The van der Waals surface area contributed by atoms with Crippen molar-refractivity contribution in [3.05, 3.63) is 47.0 Å². The van der Waals surface area contributed by atoms with Crippen molar-refractivity contribution in [1.29, 1.82) is 0 Å². The fourth-order valence-corrected chi connectivity index (χ4v) is 2.90. The van der Waals surface area contributed by atoms with Crippen LogP contribution >= 0.6 is 11.6 Å². The van der Waals surface area contributed by atoms with Gasteiger partial charge in [-0.05, 0) is 30.7 Å². The fourth-order valence-electron chi connectivity index (χ4n) is 1.53. The van der Waals surface area contributed by atoms with Crippen molar-refractivity contribution in [2.45, 2.75) is 11.8 Å². The second-order valence-corrected chi connectivity index (χ2v) is 6.16. The number of rotatable bonds is 3. The van der Waals surface area contributed by atoms with E-state index in [1.54, 1.807) is 6.92 Å². The van der Waals surface area contributed by atoms with E-state index in [0.717, 1.165) is 12.1 Å². The first-order valence-corrected chi connectivity index (χ1v) is 7.35. The number of pyridine rings is 1. The molecule has 1 aromatic carbocycles. The van der Waals surface area contributed by atoms with E-state index >= 15 is 0 Å². The van der Waals surface area contributed by atoms with Crippen LogP contribution in [0.5, 0.6) is 0 Å². The molecule has 0 saturated heterocycles. The third-order valence-electron chi connectivity index (χ3n) is 2.62. The van der Waals surface area contributed by atoms with Crippen molar-refractivity contribution in [2.75, 3.05) is 10.5 Å². The molecule has 0 amide bonds. The van der Waals surface area contributed by atoms with Crippen LogP contribution in [-0.4, -0.2) is 13.4 Å². The molecule has 0 atom stereocenters. The van der Waals surface area contributed by atoms with Gasteiger partial charge in [0.25, 0.3) is 10.0 Å². The van der Waals surface area contributed by atoms with E-state index in [4.69, 9.17) is 17.3 Å². The zero-order valence-electron chi connectivity index (χ0n) is 10.4. The van der Waals surface area contributed by atoms with E-state index in [1.165, 1.54) is 18.5 Å². The van der Waals surface area contributed by atoms with E-state index < -0.39 is 20.7 Å². The molecule has 0 spiro atoms. The summed E-state index contributed by atoms with van der Waals surface area (Å²) in [7, 11) is -4.14. The van der Waals surface area contributed by atoms with Crippen LogP contribution < -0.4 is 10.5 Å². The molecule has 0 saturated carbocycles. The van der Waals surface area contributed by atoms with E-state index in [-0.39, 0.29) is 16.4 Å². The lowest BCUT2D eigenvalue weighted by atomic mass is 10.2. The van der Waals surface area contributed by atoms with Gasteiger partial charge in [-0.2, -0.15) is 0 Å². The standard InChI is InChI=1S/C12H11ClFN3O2S/c1-7-4-9(14)12(5-10(7)15)20(18,19)17-11-6-16-3-2-8(11)13/h2-6,17H,15H2,1H3. The topological polar surface area (TPSA) is 85.1 Å². The summed E-state index contributed by atoms with van der Waals surface area (Å²) in [4.78, 5) is 3.21. The lowest BCUT2D eigenvalue weighted by Crippen LogP contribution is -2.15. The van der Waals surface area contributed by atoms with E-state index in [9.17, 15) is 12.8 Å². The summed E-state index contributed by atoms with van der Waals surface area (Å²) in [6.45, 7) is 1.58. The van der Waals surface area contributed by atoms with Crippen molar-refractivity contribution in [3.8, 4) is 0 Å². The van der Waals surface area contributed by atoms with Gasteiger partial charge in [0.2, 0.25) is 0 Å². The third kappa shape index (κ3) is 2.83. The fraction of sp³-hybridized carbons (Fsp3) is 0.0833. The molecule has 3 N–H and O–H groups in total. The van der Waals surface area contributed by atoms with Crippen LogP contribution in [0.15, 0.2) is 35.5 Å². The molecule has 1 aromatic heterocycles. The maximum Gasteiger partial charge on any atom is 0.264 e. The Hall–Kier alpha value is -1.86. The Bertz CT molecular complexity index is 765. The normalized spacial score (nSPS) is 11.3. The number of nitrogens with two attached hydrogens (primary N) is 1. The number of benzene rings is 1. The number of halogens is 2. The first-order valence-electron chi connectivity index (χ1n) is 5.49. The van der Waals surface area contributed by atoms with Gasteiger partial charge in [0.15, 0.2) is 0 Å². The largest absolute Gasteiger partial charge is 0.398 e. The lowest BCUT2D eigenvalue weighted by Gasteiger charge is -2.11. The average molecular weight is 316 g/mol. The minimum atomic E-state index is -4.14. The molecule has 0 aliphatic rings. The number of nitrogens with one attached hydrogen (secondary N) is 1. The molecule has 0 fully saturated rings. The first kappa shape index (κ1) is 14.5. The molecule has 0 unspecified atom stereocenters. The van der Waals surface area contributed by atoms with Gasteiger partial charge in [-0.3, -0.25) is 9.71 Å². The maximum atomic E-state index is 13.8. The van der Waals surface area contributed by atoms with E-state index in [0.29, 0.717) is 5.56 Å². The summed E-state index contributed by atoms with van der Waals surface area (Å²) in [5.41, 5.74) is 6.32. The summed E-state index contributed by atoms with van der Waals surface area (Å²) < 4.78 is 40.3. The Morgan fingerprint density at radius 1 is 1.40 bits per heavy atom. The summed E-state index contributed by atoms with van der Waals surface area (Å²) in [5, 5.41) is 0.157. The number of nitrogen functional groups attached to an aromatic ring is 1. The highest BCUT2D eigenvalue weighted by Crippen LogP contribution is 2.26. The van der Waals surface area contributed by atoms with E-state index in [2.05, 4.69) is 9.71 Å². The molecule has 2 aromatic rings. The number of sulfonamides is 1. The zero-order valence-corrected chi connectivity index (χ0v) is 12.0. The van der Waals surface area contributed by atoms with Crippen LogP contribution in [0.25, 0.3) is 0 Å². The predicted octanol–water partition coefficient (Wildman–Crippen LogP) is 2.57. The van der Waals surface area contributed by atoms with Crippen molar-refractivity contribution in [2.24, 2.45) is 0 Å². The van der Waals surface area contributed by atoms with Crippen molar-refractivity contribution >= 4 is 33.0 Å². The second kappa shape index (κ2) is 5.26. The molecule has 20 heavy (non-hydrogen) atoms. The number of anilines is 2. The van der Waals surface area contributed by atoms with E-state index in [1.807, 2.05) is 0 Å². The minimum absolute atomic E-state index is 0.0627. The summed E-state index contributed by atoms with van der Waals surface area (Å²) in [6, 6.07) is 3.55. The molecule has 0 aliphatic heterocycles. The molecular formula is C12H11ClFN3O2S. The molecule has 8 heteroatoms. The van der Waals surface area contributed by atoms with Gasteiger partial charge in [0.05, 0.1) is 16.9 Å². The molecule has 106 valence electrons. The van der Waals surface area contributed by atoms with Gasteiger partial charge < -0.3 is 5.73 Å². The first-order chi connectivity index (χ1) is 9.31. The summed E-state index contributed by atoms with van der Waals surface area (Å²) in [6.07, 6.45) is 2.64. The predicted molar refractivity (Wildman–Crippen MR) is 75.6 cm³/mol. The smallest absolute Gasteiger partial charge is 0.264 e. The molecule has 5 nitrogen and oxygen atoms in total. The molecule has 0 radical (unpaired) electrons. The number of nitrogens with zero attached hydrogens (tertiary/aromatic N) is 1. The van der Waals surface area contributed by atoms with Crippen molar-refractivity contribution in [1.82, 2.24) is 4.98 Å². The van der Waals surface area contributed by atoms with Gasteiger partial charge in [0.1, 0.15) is 10.7 Å². The molecular weight excluding hydrogens is 305 g/mol. The highest BCUT2D eigenvalue weighted by atomic mass is 35.5. The molecule has 0 aliphatic carbocycles. The third-order valence-corrected chi connectivity index (χ3v) is 4.33. The average Bonchev–Trinajstić information content (AvgIpc) is 2.36. The monoisotopic (exact) mass is 315 g/mol. The highest BCUT2D eigenvalue weighted by Gasteiger charge is 2.21. The number of hydrogen-bond acceptors (Lipinski definition) is 4. The van der Waals surface area contributed by atoms with Crippen LogP contribution in [-0.2, 0) is 10.0 Å². The van der Waals surface area contributed by atoms with Crippen LogP contribution in [0.1, 0.15) is 5.56 Å². The van der Waals surface area contributed by atoms with Crippen LogP contribution in [0, 0.1) is 12.7 Å². The van der Waals surface area contributed by atoms with Gasteiger partial charge in [0, 0.05) is 11.9 Å². The Morgan fingerprint density at radius 3 is 2.75 bits per heavy atom. The van der Waals surface area contributed by atoms with Crippen molar-refractivity contribution < 1.29 is 12.8 Å². The Kier molecular flexibility index (Phi) is 3.82. The van der Waals surface area contributed by atoms with Crippen LogP contribution in [0.4, 0.5) is 15.8 Å². The Balaban J connectivity index is 2.47. The quantitative estimate of drug-likeness (QED) is 0.852. The Labute approximate surface area is 120 Å². The summed E-state index contributed by atoms with van der Waals surface area (Å²) in [5.74, 6) is -0.885. The Morgan fingerprint density at radius 2 is 2.10 bits per heavy atom. The maximum absolute atomic E-state index is 13.8. The summed E-state index contributed by atoms with van der Waals surface area (Å²) >= 11 is 5.83. The lowest BCUT2D eigenvalue weighted by molar-refractivity contribution is 0.570.